The van der Waals surface area contributed by atoms with Crippen molar-refractivity contribution >= 4 is 30.0 Å². The highest BCUT2D eigenvalue weighted by Gasteiger charge is 2.06. The number of rotatable bonds is 5. The van der Waals surface area contributed by atoms with E-state index in [-0.39, 0.29) is 30.7 Å². The number of hydrogen-bond donors (Lipinski definition) is 2. The summed E-state index contributed by atoms with van der Waals surface area (Å²) in [6.45, 7) is 2.40. The summed E-state index contributed by atoms with van der Waals surface area (Å²) in [6, 6.07) is 6.52. The van der Waals surface area contributed by atoms with Crippen molar-refractivity contribution in [1.82, 2.24) is 0 Å². The molecular formula is C12H17ClN2O3. The Labute approximate surface area is 112 Å². The molecule has 18 heavy (non-hydrogen) atoms. The zero-order chi connectivity index (χ0) is 12.7. The summed E-state index contributed by atoms with van der Waals surface area (Å²) in [5.74, 6) is -0.510. The maximum absolute atomic E-state index is 11.4. The number of nitrogens with two attached hydrogens (primary N) is 1. The summed E-state index contributed by atoms with van der Waals surface area (Å²) >= 11 is 0. The molecule has 1 rings (SSSR count). The van der Waals surface area contributed by atoms with Crippen LogP contribution < -0.4 is 11.1 Å². The minimum absolute atomic E-state index is 0. The summed E-state index contributed by atoms with van der Waals surface area (Å²) in [6.07, 6.45) is 0.277. The molecule has 0 heterocycles. The van der Waals surface area contributed by atoms with Crippen molar-refractivity contribution in [3.05, 3.63) is 29.8 Å². The van der Waals surface area contributed by atoms with E-state index in [9.17, 15) is 9.59 Å². The Hall–Kier alpha value is -1.59. The molecule has 1 amide bonds. The lowest BCUT2D eigenvalue weighted by atomic mass is 10.2. The number of esters is 1. The maximum Gasteiger partial charge on any atom is 0.338 e. The molecule has 0 unspecified atom stereocenters. The van der Waals surface area contributed by atoms with Gasteiger partial charge in [0.15, 0.2) is 0 Å². The van der Waals surface area contributed by atoms with E-state index in [1.807, 2.05) is 0 Å². The van der Waals surface area contributed by atoms with Gasteiger partial charge in [0.05, 0.1) is 12.2 Å². The van der Waals surface area contributed by atoms with Crippen molar-refractivity contribution in [3.8, 4) is 0 Å². The van der Waals surface area contributed by atoms with Gasteiger partial charge in [-0.25, -0.2) is 4.79 Å². The quantitative estimate of drug-likeness (QED) is 0.797. The highest BCUT2D eigenvalue weighted by molar-refractivity contribution is 5.93. The first kappa shape index (κ1) is 16.4. The van der Waals surface area contributed by atoms with E-state index in [1.54, 1.807) is 31.2 Å². The van der Waals surface area contributed by atoms with Gasteiger partial charge in [0.1, 0.15) is 0 Å². The second kappa shape index (κ2) is 8.49. The minimum Gasteiger partial charge on any atom is -0.462 e. The summed E-state index contributed by atoms with van der Waals surface area (Å²) in [5.41, 5.74) is 6.36. The monoisotopic (exact) mass is 272 g/mol. The van der Waals surface area contributed by atoms with E-state index in [0.717, 1.165) is 0 Å². The zero-order valence-electron chi connectivity index (χ0n) is 10.1. The molecule has 5 nitrogen and oxygen atoms in total. The number of carbonyl (C=O) groups excluding carboxylic acids is 2. The molecule has 3 N–H and O–H groups in total. The van der Waals surface area contributed by atoms with Crippen LogP contribution in [-0.2, 0) is 9.53 Å². The second-order valence-electron chi connectivity index (χ2n) is 3.38. The fourth-order valence-corrected chi connectivity index (χ4v) is 1.26. The molecule has 0 aliphatic heterocycles. The first-order valence-corrected chi connectivity index (χ1v) is 5.44. The van der Waals surface area contributed by atoms with Gasteiger partial charge in [-0.15, -0.1) is 12.4 Å². The van der Waals surface area contributed by atoms with E-state index in [2.05, 4.69) is 5.32 Å². The number of ether oxygens (including phenoxy) is 1. The van der Waals surface area contributed by atoms with Gasteiger partial charge in [0.2, 0.25) is 5.91 Å². The van der Waals surface area contributed by atoms with Crippen LogP contribution in [0.1, 0.15) is 23.7 Å². The molecule has 0 saturated heterocycles. The molecule has 1 aromatic carbocycles. The van der Waals surface area contributed by atoms with Crippen LogP contribution >= 0.6 is 12.4 Å². The Balaban J connectivity index is 0.00000289. The van der Waals surface area contributed by atoms with Crippen LogP contribution in [0.5, 0.6) is 0 Å². The normalized spacial score (nSPS) is 9.22. The molecule has 0 aromatic heterocycles. The van der Waals surface area contributed by atoms with Crippen molar-refractivity contribution in [2.75, 3.05) is 18.5 Å². The van der Waals surface area contributed by atoms with Crippen LogP contribution in [0.3, 0.4) is 0 Å². The predicted octanol–water partition coefficient (Wildman–Crippen LogP) is 1.57. The Morgan fingerprint density at radius 1 is 1.28 bits per heavy atom. The molecule has 0 spiro atoms. The van der Waals surface area contributed by atoms with Crippen LogP contribution in [0.25, 0.3) is 0 Å². The van der Waals surface area contributed by atoms with E-state index in [1.165, 1.54) is 0 Å². The largest absolute Gasteiger partial charge is 0.462 e. The third-order valence-electron chi connectivity index (χ3n) is 2.05. The predicted molar refractivity (Wildman–Crippen MR) is 71.9 cm³/mol. The number of carbonyl (C=O) groups is 2. The Bertz CT molecular complexity index is 393. The molecular weight excluding hydrogens is 256 g/mol. The van der Waals surface area contributed by atoms with Gasteiger partial charge in [-0.3, -0.25) is 4.79 Å². The lowest BCUT2D eigenvalue weighted by Crippen LogP contribution is -2.16. The average Bonchev–Trinajstić information content (AvgIpc) is 2.30. The van der Waals surface area contributed by atoms with Crippen molar-refractivity contribution in [2.24, 2.45) is 5.73 Å². The van der Waals surface area contributed by atoms with Gasteiger partial charge in [-0.2, -0.15) is 0 Å². The molecule has 0 bridgehead atoms. The van der Waals surface area contributed by atoms with E-state index >= 15 is 0 Å². The number of anilines is 1. The second-order valence-corrected chi connectivity index (χ2v) is 3.38. The Kier molecular flexibility index (Phi) is 7.74. The van der Waals surface area contributed by atoms with Gasteiger partial charge in [0.25, 0.3) is 0 Å². The molecule has 0 saturated carbocycles. The third-order valence-corrected chi connectivity index (χ3v) is 2.05. The first-order valence-electron chi connectivity index (χ1n) is 5.44. The minimum atomic E-state index is -0.368. The fourth-order valence-electron chi connectivity index (χ4n) is 1.26. The van der Waals surface area contributed by atoms with E-state index < -0.39 is 0 Å². The smallest absolute Gasteiger partial charge is 0.338 e. The molecule has 0 aliphatic rings. The van der Waals surface area contributed by atoms with Crippen molar-refractivity contribution in [2.45, 2.75) is 13.3 Å². The topological polar surface area (TPSA) is 81.4 Å². The number of nitrogens with one attached hydrogen (secondary N) is 1. The number of halogens is 1. The summed E-state index contributed by atoms with van der Waals surface area (Å²) in [5, 5.41) is 2.67. The Morgan fingerprint density at radius 2 is 1.89 bits per heavy atom. The number of hydrogen-bond acceptors (Lipinski definition) is 4. The highest BCUT2D eigenvalue weighted by Crippen LogP contribution is 2.10. The molecule has 0 radical (unpaired) electrons. The molecule has 100 valence electrons. The van der Waals surface area contributed by atoms with Gasteiger partial charge < -0.3 is 15.8 Å². The third kappa shape index (κ3) is 5.16. The van der Waals surface area contributed by atoms with Crippen molar-refractivity contribution in [3.63, 3.8) is 0 Å². The Morgan fingerprint density at radius 3 is 2.39 bits per heavy atom. The first-order chi connectivity index (χ1) is 8.17. The maximum atomic E-state index is 11.4. The van der Waals surface area contributed by atoms with E-state index in [4.69, 9.17) is 10.5 Å². The molecule has 1 aromatic rings. The zero-order valence-corrected chi connectivity index (χ0v) is 11.0. The highest BCUT2D eigenvalue weighted by atomic mass is 35.5. The molecule has 0 atom stereocenters. The number of benzene rings is 1. The van der Waals surface area contributed by atoms with Crippen LogP contribution in [-0.4, -0.2) is 25.0 Å². The standard InChI is InChI=1S/C12H16N2O3.ClH/c1-2-17-12(16)9-3-5-10(6-4-9)14-11(15)7-8-13;/h3-6H,2,7-8,13H2,1H3,(H,14,15);1H. The van der Waals surface area contributed by atoms with Gasteiger partial charge in [-0.05, 0) is 31.2 Å². The lowest BCUT2D eigenvalue weighted by Gasteiger charge is -2.05. The summed E-state index contributed by atoms with van der Waals surface area (Å²) in [7, 11) is 0. The van der Waals surface area contributed by atoms with Crippen LogP contribution in [0, 0.1) is 0 Å². The SMILES string of the molecule is CCOC(=O)c1ccc(NC(=O)CCN)cc1.Cl. The van der Waals surface area contributed by atoms with Gasteiger partial charge in [0, 0.05) is 18.7 Å². The van der Waals surface area contributed by atoms with Crippen molar-refractivity contribution < 1.29 is 14.3 Å². The average molecular weight is 273 g/mol. The van der Waals surface area contributed by atoms with Gasteiger partial charge >= 0.3 is 5.97 Å². The molecule has 6 heteroatoms. The van der Waals surface area contributed by atoms with Crippen LogP contribution in [0.15, 0.2) is 24.3 Å². The van der Waals surface area contributed by atoms with E-state index in [0.29, 0.717) is 24.4 Å². The van der Waals surface area contributed by atoms with Crippen molar-refractivity contribution in [1.29, 1.82) is 0 Å². The van der Waals surface area contributed by atoms with Crippen LogP contribution in [0.4, 0.5) is 5.69 Å². The van der Waals surface area contributed by atoms with Crippen LogP contribution in [0.2, 0.25) is 0 Å². The molecule has 0 aliphatic carbocycles. The summed E-state index contributed by atoms with van der Waals surface area (Å²) in [4.78, 5) is 22.6. The fraction of sp³-hybridized carbons (Fsp3) is 0.333. The lowest BCUT2D eigenvalue weighted by molar-refractivity contribution is -0.116. The molecule has 0 fully saturated rings. The summed E-state index contributed by atoms with van der Waals surface area (Å²) < 4.78 is 4.84. The van der Waals surface area contributed by atoms with Gasteiger partial charge in [-0.1, -0.05) is 0 Å². The number of amides is 1.